The van der Waals surface area contributed by atoms with Gasteiger partial charge in [-0.2, -0.15) is 0 Å². The Morgan fingerprint density at radius 2 is 2.14 bits per heavy atom. The molecule has 1 aromatic carbocycles. The van der Waals surface area contributed by atoms with Gasteiger partial charge in [0.25, 0.3) is 0 Å². The third-order valence-electron chi connectivity index (χ3n) is 5.17. The zero-order chi connectivity index (χ0) is 15.4. The number of halogens is 2. The quantitative estimate of drug-likeness (QED) is 0.819. The number of fused-ring (bicyclic) bond motifs is 2. The van der Waals surface area contributed by atoms with Crippen LogP contribution in [-0.2, 0) is 9.59 Å². The van der Waals surface area contributed by atoms with Crippen molar-refractivity contribution in [2.75, 3.05) is 5.32 Å². The van der Waals surface area contributed by atoms with Crippen molar-refractivity contribution in [1.82, 2.24) is 0 Å². The number of hydrogen-bond acceptors (Lipinski definition) is 2. The number of benzene rings is 1. The largest absolute Gasteiger partial charge is 0.324 e. The molecule has 0 saturated heterocycles. The SMILES string of the molecule is CC1(C)C(=O)C2(C(=O)Nc3ccc(F)cc3Br)CCC1C2. The highest BCUT2D eigenvalue weighted by Gasteiger charge is 2.65. The lowest BCUT2D eigenvalue weighted by Crippen LogP contribution is -2.44. The van der Waals surface area contributed by atoms with Crippen molar-refractivity contribution in [3.63, 3.8) is 0 Å². The van der Waals surface area contributed by atoms with Crippen molar-refractivity contribution >= 4 is 33.3 Å². The molecule has 1 amide bonds. The van der Waals surface area contributed by atoms with E-state index in [1.807, 2.05) is 13.8 Å². The van der Waals surface area contributed by atoms with Crippen LogP contribution >= 0.6 is 15.9 Å². The third kappa shape index (κ3) is 2.05. The molecular weight excluding hydrogens is 337 g/mol. The van der Waals surface area contributed by atoms with Gasteiger partial charge in [-0.3, -0.25) is 9.59 Å². The summed E-state index contributed by atoms with van der Waals surface area (Å²) in [6, 6.07) is 4.09. The third-order valence-corrected chi connectivity index (χ3v) is 5.82. The topological polar surface area (TPSA) is 46.2 Å². The van der Waals surface area contributed by atoms with E-state index in [-0.39, 0.29) is 23.4 Å². The fourth-order valence-electron chi connectivity index (χ4n) is 3.81. The van der Waals surface area contributed by atoms with Crippen LogP contribution in [0.15, 0.2) is 22.7 Å². The number of nitrogens with one attached hydrogen (secondary N) is 1. The Bertz CT molecular complexity index is 643. The second kappa shape index (κ2) is 4.63. The predicted molar refractivity (Wildman–Crippen MR) is 81.3 cm³/mol. The van der Waals surface area contributed by atoms with Gasteiger partial charge in [0.15, 0.2) is 5.78 Å². The zero-order valence-corrected chi connectivity index (χ0v) is 13.6. The highest BCUT2D eigenvalue weighted by molar-refractivity contribution is 9.10. The highest BCUT2D eigenvalue weighted by atomic mass is 79.9. The normalized spacial score (nSPS) is 29.7. The van der Waals surface area contributed by atoms with Crippen molar-refractivity contribution in [3.8, 4) is 0 Å². The molecule has 2 saturated carbocycles. The maximum atomic E-state index is 13.1. The van der Waals surface area contributed by atoms with Crippen LogP contribution in [0, 0.1) is 22.6 Å². The summed E-state index contributed by atoms with van der Waals surface area (Å²) in [7, 11) is 0. The molecule has 1 N–H and O–H groups in total. The molecule has 5 heteroatoms. The van der Waals surface area contributed by atoms with Gasteiger partial charge in [-0.05, 0) is 59.3 Å². The minimum Gasteiger partial charge on any atom is -0.324 e. The molecule has 1 aromatic rings. The van der Waals surface area contributed by atoms with Crippen LogP contribution in [0.4, 0.5) is 10.1 Å². The van der Waals surface area contributed by atoms with Crippen LogP contribution in [0.25, 0.3) is 0 Å². The maximum absolute atomic E-state index is 13.1. The summed E-state index contributed by atoms with van der Waals surface area (Å²) in [5.41, 5.74) is -0.825. The summed E-state index contributed by atoms with van der Waals surface area (Å²) in [6.07, 6.45) is 2.16. The number of hydrogen-bond donors (Lipinski definition) is 1. The Hall–Kier alpha value is -1.23. The van der Waals surface area contributed by atoms with Crippen molar-refractivity contribution in [2.45, 2.75) is 33.1 Å². The van der Waals surface area contributed by atoms with E-state index in [2.05, 4.69) is 21.2 Å². The van der Waals surface area contributed by atoms with E-state index in [1.54, 1.807) is 0 Å². The second-order valence-electron chi connectivity index (χ2n) is 6.65. The Morgan fingerprint density at radius 3 is 2.71 bits per heavy atom. The predicted octanol–water partition coefficient (Wildman–Crippen LogP) is 3.92. The molecular formula is C16H17BrFNO2. The average Bonchev–Trinajstić information content (AvgIpc) is 2.93. The van der Waals surface area contributed by atoms with E-state index in [4.69, 9.17) is 0 Å². The molecule has 2 unspecified atom stereocenters. The molecule has 0 heterocycles. The lowest BCUT2D eigenvalue weighted by atomic mass is 9.70. The first-order chi connectivity index (χ1) is 9.77. The summed E-state index contributed by atoms with van der Waals surface area (Å²) in [5, 5.41) is 2.79. The van der Waals surface area contributed by atoms with Crippen LogP contribution < -0.4 is 5.32 Å². The average molecular weight is 354 g/mol. The molecule has 0 radical (unpaired) electrons. The molecule has 0 aliphatic heterocycles. The van der Waals surface area contributed by atoms with E-state index < -0.39 is 10.8 Å². The van der Waals surface area contributed by atoms with Gasteiger partial charge in [0.05, 0.1) is 5.69 Å². The van der Waals surface area contributed by atoms with Crippen LogP contribution in [0.5, 0.6) is 0 Å². The summed E-state index contributed by atoms with van der Waals surface area (Å²) < 4.78 is 13.6. The standard InChI is InChI=1S/C16H17BrFNO2/c1-15(2)9-5-6-16(8-9,13(15)20)14(21)19-12-4-3-10(18)7-11(12)17/h3-4,7,9H,5-6,8H2,1-2H3,(H,19,21). The Kier molecular flexibility index (Phi) is 3.24. The van der Waals surface area contributed by atoms with Crippen molar-refractivity contribution in [3.05, 3.63) is 28.5 Å². The second-order valence-corrected chi connectivity index (χ2v) is 7.51. The van der Waals surface area contributed by atoms with E-state index in [1.165, 1.54) is 18.2 Å². The number of ketones is 1. The Morgan fingerprint density at radius 1 is 1.43 bits per heavy atom. The van der Waals surface area contributed by atoms with Gasteiger partial charge < -0.3 is 5.32 Å². The van der Waals surface area contributed by atoms with Gasteiger partial charge in [-0.1, -0.05) is 13.8 Å². The number of carbonyl (C=O) groups excluding carboxylic acids is 2. The first-order valence-electron chi connectivity index (χ1n) is 7.09. The minimum absolute atomic E-state index is 0.0435. The van der Waals surface area contributed by atoms with Gasteiger partial charge in [0.2, 0.25) is 5.91 Å². The Labute approximate surface area is 131 Å². The van der Waals surface area contributed by atoms with Crippen molar-refractivity contribution in [1.29, 1.82) is 0 Å². The van der Waals surface area contributed by atoms with E-state index in [0.717, 1.165) is 6.42 Å². The van der Waals surface area contributed by atoms with Crippen LogP contribution in [0.1, 0.15) is 33.1 Å². The van der Waals surface area contributed by atoms with Gasteiger partial charge in [0.1, 0.15) is 11.2 Å². The molecule has 3 rings (SSSR count). The van der Waals surface area contributed by atoms with E-state index in [0.29, 0.717) is 23.0 Å². The molecule has 2 fully saturated rings. The summed E-state index contributed by atoms with van der Waals surface area (Å²) in [5.74, 6) is -0.306. The molecule has 2 bridgehead atoms. The number of rotatable bonds is 2. The number of anilines is 1. The first-order valence-corrected chi connectivity index (χ1v) is 7.88. The van der Waals surface area contributed by atoms with Crippen LogP contribution in [0.3, 0.4) is 0 Å². The van der Waals surface area contributed by atoms with Crippen LogP contribution in [0.2, 0.25) is 0 Å². The lowest BCUT2D eigenvalue weighted by molar-refractivity contribution is -0.142. The van der Waals surface area contributed by atoms with Gasteiger partial charge in [-0.25, -0.2) is 4.39 Å². The number of amides is 1. The minimum atomic E-state index is -0.901. The number of carbonyl (C=O) groups is 2. The molecule has 21 heavy (non-hydrogen) atoms. The maximum Gasteiger partial charge on any atom is 0.238 e. The van der Waals surface area contributed by atoms with Gasteiger partial charge in [-0.15, -0.1) is 0 Å². The Balaban J connectivity index is 1.88. The van der Waals surface area contributed by atoms with Crippen molar-refractivity contribution < 1.29 is 14.0 Å². The smallest absolute Gasteiger partial charge is 0.238 e. The summed E-state index contributed by atoms with van der Waals surface area (Å²) in [4.78, 5) is 25.3. The molecule has 0 spiro atoms. The summed E-state index contributed by atoms with van der Waals surface area (Å²) in [6.45, 7) is 3.87. The monoisotopic (exact) mass is 353 g/mol. The van der Waals surface area contributed by atoms with E-state index >= 15 is 0 Å². The lowest BCUT2D eigenvalue weighted by Gasteiger charge is -2.32. The molecule has 2 aliphatic rings. The van der Waals surface area contributed by atoms with Crippen molar-refractivity contribution in [2.24, 2.45) is 16.7 Å². The van der Waals surface area contributed by atoms with Crippen LogP contribution in [-0.4, -0.2) is 11.7 Å². The molecule has 3 nitrogen and oxygen atoms in total. The fourth-order valence-corrected chi connectivity index (χ4v) is 4.26. The molecule has 112 valence electrons. The first kappa shape index (κ1) is 14.7. The summed E-state index contributed by atoms with van der Waals surface area (Å²) >= 11 is 3.23. The van der Waals surface area contributed by atoms with Gasteiger partial charge >= 0.3 is 0 Å². The molecule has 2 aliphatic carbocycles. The van der Waals surface area contributed by atoms with E-state index in [9.17, 15) is 14.0 Å². The molecule has 0 aromatic heterocycles. The zero-order valence-electron chi connectivity index (χ0n) is 12.0. The fraction of sp³-hybridized carbons (Fsp3) is 0.500. The highest BCUT2D eigenvalue weighted by Crippen LogP contribution is 2.60. The number of Topliss-reactive ketones (excluding diaryl/α,β-unsaturated/α-hetero) is 1. The van der Waals surface area contributed by atoms with Gasteiger partial charge in [0, 0.05) is 9.89 Å². The molecule has 2 atom stereocenters.